The smallest absolute Gasteiger partial charge is 0.340 e. The number of benzene rings is 2. The molecule has 1 saturated heterocycles. The lowest BCUT2D eigenvalue weighted by molar-refractivity contribution is 0.0600. The van der Waals surface area contributed by atoms with E-state index < -0.39 is 16.0 Å². The maximum Gasteiger partial charge on any atom is 0.340 e. The van der Waals surface area contributed by atoms with E-state index in [4.69, 9.17) is 4.74 Å². The Morgan fingerprint density at radius 1 is 1.09 bits per heavy atom. The number of para-hydroxylation sites is 1. The van der Waals surface area contributed by atoms with Gasteiger partial charge in [0.05, 0.1) is 24.0 Å². The molecular weight excluding hydrogens is 426 g/mol. The Bertz CT molecular complexity index is 1080. The van der Waals surface area contributed by atoms with Gasteiger partial charge in [0.2, 0.25) is 0 Å². The van der Waals surface area contributed by atoms with Crippen molar-refractivity contribution in [3.05, 3.63) is 53.1 Å². The van der Waals surface area contributed by atoms with Gasteiger partial charge in [-0.1, -0.05) is 18.2 Å². The Kier molecular flexibility index (Phi) is 7.01. The number of sulfonamides is 1. The fourth-order valence-electron chi connectivity index (χ4n) is 4.68. The number of hydrogen-bond acceptors (Lipinski definition) is 6. The summed E-state index contributed by atoms with van der Waals surface area (Å²) in [4.78, 5) is 12.7. The number of nitrogens with one attached hydrogen (secondary N) is 3. The summed E-state index contributed by atoms with van der Waals surface area (Å²) in [5.74, 6) is -0.517. The topological polar surface area (TPSA) is 96.5 Å². The molecule has 0 saturated carbocycles. The molecular formula is C24H31N3O4S. The highest BCUT2D eigenvalue weighted by Crippen LogP contribution is 2.32. The molecule has 3 N–H and O–H groups in total. The maximum absolute atomic E-state index is 13.4. The third-order valence-electron chi connectivity index (χ3n) is 6.31. The maximum atomic E-state index is 13.4. The third-order valence-corrected chi connectivity index (χ3v) is 7.74. The zero-order valence-electron chi connectivity index (χ0n) is 18.4. The van der Waals surface area contributed by atoms with Crippen molar-refractivity contribution in [2.75, 3.05) is 30.2 Å². The van der Waals surface area contributed by atoms with Gasteiger partial charge in [0.1, 0.15) is 4.90 Å². The monoisotopic (exact) mass is 457 g/mol. The van der Waals surface area contributed by atoms with Crippen molar-refractivity contribution in [3.63, 3.8) is 0 Å². The Hall–Kier alpha value is -2.58. The number of carbonyl (C=O) groups is 1. The summed E-state index contributed by atoms with van der Waals surface area (Å²) < 4.78 is 34.4. The molecule has 1 atom stereocenters. The third kappa shape index (κ3) is 4.91. The molecule has 0 bridgehead atoms. The molecule has 172 valence electrons. The number of methoxy groups -OCH3 is 1. The predicted molar refractivity (Wildman–Crippen MR) is 126 cm³/mol. The van der Waals surface area contributed by atoms with Gasteiger partial charge in [0, 0.05) is 12.6 Å². The highest BCUT2D eigenvalue weighted by atomic mass is 32.2. The van der Waals surface area contributed by atoms with Gasteiger partial charge in [-0.15, -0.1) is 0 Å². The molecule has 0 spiro atoms. The van der Waals surface area contributed by atoms with Crippen molar-refractivity contribution >= 4 is 27.4 Å². The Morgan fingerprint density at radius 2 is 1.91 bits per heavy atom. The highest BCUT2D eigenvalue weighted by molar-refractivity contribution is 7.92. The first-order valence-corrected chi connectivity index (χ1v) is 12.8. The van der Waals surface area contributed by atoms with Crippen LogP contribution in [0.4, 0.5) is 11.4 Å². The lowest BCUT2D eigenvalue weighted by Gasteiger charge is -2.22. The van der Waals surface area contributed by atoms with Gasteiger partial charge in [-0.3, -0.25) is 4.72 Å². The zero-order chi connectivity index (χ0) is 22.6. The molecule has 8 heteroatoms. The van der Waals surface area contributed by atoms with E-state index in [9.17, 15) is 13.2 Å². The van der Waals surface area contributed by atoms with Crippen LogP contribution in [-0.4, -0.2) is 40.6 Å². The van der Waals surface area contributed by atoms with Crippen molar-refractivity contribution in [1.29, 1.82) is 0 Å². The second-order valence-corrected chi connectivity index (χ2v) is 10.1. The minimum Gasteiger partial charge on any atom is -0.465 e. The number of hydrogen-bond donors (Lipinski definition) is 3. The molecule has 1 fully saturated rings. The van der Waals surface area contributed by atoms with Crippen LogP contribution in [0.25, 0.3) is 0 Å². The summed E-state index contributed by atoms with van der Waals surface area (Å²) >= 11 is 0. The quantitative estimate of drug-likeness (QED) is 0.523. The Balaban J connectivity index is 1.59. The Labute approximate surface area is 190 Å². The van der Waals surface area contributed by atoms with Gasteiger partial charge < -0.3 is 15.4 Å². The number of fused-ring (bicyclic) bond motifs is 1. The number of ether oxygens (including phenoxy) is 1. The molecule has 1 heterocycles. The number of anilines is 2. The fraction of sp³-hybridized carbons (Fsp3) is 0.458. The predicted octanol–water partition coefficient (Wildman–Crippen LogP) is 3.71. The first kappa shape index (κ1) is 22.6. The normalized spacial score (nSPS) is 18.1. The van der Waals surface area contributed by atoms with Crippen LogP contribution < -0.4 is 15.4 Å². The molecule has 7 nitrogen and oxygen atoms in total. The largest absolute Gasteiger partial charge is 0.465 e. The molecule has 0 amide bonds. The first-order valence-electron chi connectivity index (χ1n) is 11.3. The van der Waals surface area contributed by atoms with E-state index in [2.05, 4.69) is 15.4 Å². The van der Waals surface area contributed by atoms with Crippen molar-refractivity contribution < 1.29 is 17.9 Å². The average molecular weight is 458 g/mol. The van der Waals surface area contributed by atoms with Crippen molar-refractivity contribution in [1.82, 2.24) is 5.32 Å². The molecule has 2 aliphatic rings. The highest BCUT2D eigenvalue weighted by Gasteiger charge is 2.26. The van der Waals surface area contributed by atoms with E-state index in [1.165, 1.54) is 13.5 Å². The van der Waals surface area contributed by atoms with Crippen LogP contribution in [0.3, 0.4) is 0 Å². The summed E-state index contributed by atoms with van der Waals surface area (Å²) in [6, 6.07) is 10.9. The second kappa shape index (κ2) is 9.92. The van der Waals surface area contributed by atoms with E-state index in [1.54, 1.807) is 24.3 Å². The van der Waals surface area contributed by atoms with Crippen LogP contribution in [0.5, 0.6) is 0 Å². The molecule has 1 aliphatic carbocycles. The lowest BCUT2D eigenvalue weighted by Crippen LogP contribution is -2.24. The van der Waals surface area contributed by atoms with Crippen molar-refractivity contribution in [3.8, 4) is 0 Å². The van der Waals surface area contributed by atoms with E-state index >= 15 is 0 Å². The van der Waals surface area contributed by atoms with Gasteiger partial charge in [0.15, 0.2) is 0 Å². The summed E-state index contributed by atoms with van der Waals surface area (Å²) in [6.07, 6.45) is 6.92. The molecule has 1 aliphatic heterocycles. The minimum atomic E-state index is -3.92. The molecule has 0 radical (unpaired) electrons. The summed E-state index contributed by atoms with van der Waals surface area (Å²) in [6.45, 7) is 1.72. The van der Waals surface area contributed by atoms with E-state index in [1.807, 2.05) is 12.1 Å². The minimum absolute atomic E-state index is 0.160. The fourth-order valence-corrected chi connectivity index (χ4v) is 5.94. The average Bonchev–Trinajstić information content (AvgIpc) is 3.32. The molecule has 2 aromatic carbocycles. The van der Waals surface area contributed by atoms with Crippen molar-refractivity contribution in [2.45, 2.75) is 55.9 Å². The van der Waals surface area contributed by atoms with Gasteiger partial charge >= 0.3 is 5.97 Å². The van der Waals surface area contributed by atoms with Crippen LogP contribution in [0, 0.1) is 0 Å². The van der Waals surface area contributed by atoms with Gasteiger partial charge in [-0.25, -0.2) is 13.2 Å². The van der Waals surface area contributed by atoms with Crippen LogP contribution in [0.2, 0.25) is 0 Å². The van der Waals surface area contributed by atoms with Crippen LogP contribution in [0.15, 0.2) is 41.3 Å². The number of esters is 1. The summed E-state index contributed by atoms with van der Waals surface area (Å²) in [7, 11) is -2.60. The van der Waals surface area contributed by atoms with Gasteiger partial charge in [-0.2, -0.15) is 0 Å². The standard InChI is InChI=1S/C24H31N3O4S/c1-31-24(28)23-19-9-3-2-7-17(19)12-13-21(23)27-32(29,30)22-11-5-4-10-20(22)26-16-14-18-8-6-15-25-18/h4-5,10-13,18,25-27H,2-3,6-9,14-16H2,1H3/t18-/m0/s1. The van der Waals surface area contributed by atoms with E-state index in [0.717, 1.165) is 56.2 Å². The summed E-state index contributed by atoms with van der Waals surface area (Å²) in [5, 5.41) is 6.73. The van der Waals surface area contributed by atoms with Gasteiger partial charge in [-0.05, 0) is 80.8 Å². The molecule has 2 aromatic rings. The van der Waals surface area contributed by atoms with Crippen LogP contribution >= 0.6 is 0 Å². The van der Waals surface area contributed by atoms with Crippen molar-refractivity contribution in [2.24, 2.45) is 0 Å². The van der Waals surface area contributed by atoms with E-state index in [0.29, 0.717) is 23.8 Å². The molecule has 0 unspecified atom stereocenters. The van der Waals surface area contributed by atoms with E-state index in [-0.39, 0.29) is 10.6 Å². The Morgan fingerprint density at radius 3 is 2.69 bits per heavy atom. The molecule has 32 heavy (non-hydrogen) atoms. The van der Waals surface area contributed by atoms with Gasteiger partial charge in [0.25, 0.3) is 10.0 Å². The van der Waals surface area contributed by atoms with Crippen LogP contribution in [-0.2, 0) is 27.6 Å². The SMILES string of the molecule is COC(=O)c1c(NS(=O)(=O)c2ccccc2NCC[C@@H]2CCCN2)ccc2c1CCCC2. The number of rotatable bonds is 8. The number of aryl methyl sites for hydroxylation is 1. The number of carbonyl (C=O) groups excluding carboxylic acids is 1. The molecule has 4 rings (SSSR count). The summed E-state index contributed by atoms with van der Waals surface area (Å²) in [5.41, 5.74) is 3.12. The molecule has 0 aromatic heterocycles. The second-order valence-electron chi connectivity index (χ2n) is 8.43. The first-order chi connectivity index (χ1) is 15.5. The lowest BCUT2D eigenvalue weighted by atomic mass is 9.87. The zero-order valence-corrected chi connectivity index (χ0v) is 19.3. The van der Waals surface area contributed by atoms with Crippen LogP contribution in [0.1, 0.15) is 53.6 Å².